The van der Waals surface area contributed by atoms with Crippen LogP contribution in [0.4, 0.5) is 0 Å². The molecule has 1 aromatic carbocycles. The first-order valence-electron chi connectivity index (χ1n) is 13.0. The van der Waals surface area contributed by atoms with Crippen LogP contribution in [-0.2, 0) is 6.54 Å². The van der Waals surface area contributed by atoms with Crippen LogP contribution < -0.4 is 35.5 Å². The summed E-state index contributed by atoms with van der Waals surface area (Å²) in [7, 11) is 6.97. The van der Waals surface area contributed by atoms with E-state index in [9.17, 15) is 0 Å². The van der Waals surface area contributed by atoms with E-state index in [0.717, 1.165) is 50.3 Å². The van der Waals surface area contributed by atoms with E-state index >= 15 is 0 Å². The van der Waals surface area contributed by atoms with Crippen LogP contribution in [0.1, 0.15) is 63.9 Å². The fraction of sp³-hybridized carbons (Fsp3) is 0.667. The first kappa shape index (κ1) is 25.6. The summed E-state index contributed by atoms with van der Waals surface area (Å²) in [6.45, 7) is 4.01. The minimum absolute atomic E-state index is 0.201. The first-order valence-corrected chi connectivity index (χ1v) is 13.0. The van der Waals surface area contributed by atoms with Crippen molar-refractivity contribution < 1.29 is 14.2 Å². The maximum Gasteiger partial charge on any atom is 0.203 e. The van der Waals surface area contributed by atoms with Crippen molar-refractivity contribution in [1.29, 1.82) is 0 Å². The molecule has 2 aliphatic carbocycles. The molecule has 0 aromatic heterocycles. The van der Waals surface area contributed by atoms with Crippen molar-refractivity contribution in [1.82, 2.24) is 21.3 Å². The Bertz CT molecular complexity index is 914. The van der Waals surface area contributed by atoms with E-state index < -0.39 is 0 Å². The van der Waals surface area contributed by atoms with Crippen molar-refractivity contribution >= 4 is 5.96 Å². The first-order chi connectivity index (χ1) is 17.0. The third-order valence-corrected chi connectivity index (χ3v) is 7.82. The highest BCUT2D eigenvalue weighted by molar-refractivity contribution is 5.84. The van der Waals surface area contributed by atoms with Crippen molar-refractivity contribution in [3.05, 3.63) is 29.0 Å². The van der Waals surface area contributed by atoms with E-state index in [2.05, 4.69) is 28.2 Å². The maximum absolute atomic E-state index is 5.48. The zero-order valence-electron chi connectivity index (χ0n) is 22.1. The number of hydrogen-bond acceptors (Lipinski definition) is 6. The molecule has 4 rings (SSSR count). The Morgan fingerprint density at radius 1 is 1.00 bits per heavy atom. The molecule has 35 heavy (non-hydrogen) atoms. The van der Waals surface area contributed by atoms with Crippen LogP contribution in [0.5, 0.6) is 17.2 Å². The zero-order valence-corrected chi connectivity index (χ0v) is 22.1. The average molecular weight is 486 g/mol. The number of rotatable bonds is 9. The fourth-order valence-corrected chi connectivity index (χ4v) is 5.68. The van der Waals surface area contributed by atoms with Crippen LogP contribution in [0.15, 0.2) is 28.4 Å². The van der Waals surface area contributed by atoms with E-state index in [4.69, 9.17) is 19.2 Å². The average Bonchev–Trinajstić information content (AvgIpc) is 2.89. The topological polar surface area (TPSA) is 88.2 Å². The number of aliphatic imine (C=N–C) groups is 1. The van der Waals surface area contributed by atoms with E-state index in [1.807, 2.05) is 19.2 Å². The Morgan fingerprint density at radius 3 is 2.31 bits per heavy atom. The Labute approximate surface area is 210 Å². The van der Waals surface area contributed by atoms with Crippen LogP contribution in [0.25, 0.3) is 0 Å². The Hall–Kier alpha value is -2.45. The van der Waals surface area contributed by atoms with Crippen LogP contribution in [0.3, 0.4) is 0 Å². The van der Waals surface area contributed by atoms with Gasteiger partial charge < -0.3 is 30.2 Å². The molecule has 0 radical (unpaired) electrons. The molecule has 0 amide bonds. The van der Waals surface area contributed by atoms with Crippen LogP contribution in [0.2, 0.25) is 0 Å². The highest BCUT2D eigenvalue weighted by Gasteiger charge is 2.36. The van der Waals surface area contributed by atoms with Gasteiger partial charge >= 0.3 is 0 Å². The summed E-state index contributed by atoms with van der Waals surface area (Å²) in [5.41, 5.74) is 3.76. The molecule has 1 heterocycles. The largest absolute Gasteiger partial charge is 0.493 e. The number of benzene rings is 1. The number of likely N-dealkylation sites (N-methyl/N-ethyl adjacent to an activating group) is 1. The minimum atomic E-state index is -0.201. The molecular formula is C27H43N5O3. The molecule has 4 N–H and O–H groups in total. The van der Waals surface area contributed by atoms with Gasteiger partial charge in [-0.1, -0.05) is 0 Å². The third kappa shape index (κ3) is 5.86. The van der Waals surface area contributed by atoms with Gasteiger partial charge in [-0.05, 0) is 101 Å². The van der Waals surface area contributed by atoms with Gasteiger partial charge in [-0.25, -0.2) is 4.99 Å². The SMILES string of the molecule is CNC1(C)NC(=NC2CCC(CNCc3cc(OC)c(OC)c(OC)c3)CC2)NC2=C1CCCC2. The Morgan fingerprint density at radius 2 is 1.69 bits per heavy atom. The van der Waals surface area contributed by atoms with Crippen LogP contribution in [-0.4, -0.2) is 52.6 Å². The molecule has 1 aromatic rings. The van der Waals surface area contributed by atoms with Crippen molar-refractivity contribution in [2.45, 2.75) is 76.5 Å². The fourth-order valence-electron chi connectivity index (χ4n) is 5.68. The van der Waals surface area contributed by atoms with E-state index in [1.54, 1.807) is 21.3 Å². The summed E-state index contributed by atoms with van der Waals surface area (Å²) < 4.78 is 16.4. The normalized spacial score (nSPS) is 27.6. The lowest BCUT2D eigenvalue weighted by atomic mass is 9.85. The minimum Gasteiger partial charge on any atom is -0.493 e. The van der Waals surface area contributed by atoms with Gasteiger partial charge in [0.2, 0.25) is 5.75 Å². The Balaban J connectivity index is 1.28. The second-order valence-corrected chi connectivity index (χ2v) is 10.1. The van der Waals surface area contributed by atoms with Crippen molar-refractivity contribution in [2.24, 2.45) is 10.9 Å². The number of ether oxygens (including phenoxy) is 3. The predicted octanol–water partition coefficient (Wildman–Crippen LogP) is 3.67. The third-order valence-electron chi connectivity index (χ3n) is 7.82. The highest BCUT2D eigenvalue weighted by atomic mass is 16.5. The number of nitrogens with zero attached hydrogens (tertiary/aromatic N) is 1. The van der Waals surface area contributed by atoms with Crippen molar-refractivity contribution in [3.8, 4) is 17.2 Å². The molecule has 1 fully saturated rings. The van der Waals surface area contributed by atoms with Gasteiger partial charge in [0.05, 0.1) is 27.4 Å². The monoisotopic (exact) mass is 485 g/mol. The number of guanidine groups is 1. The molecule has 0 bridgehead atoms. The van der Waals surface area contributed by atoms with E-state index in [0.29, 0.717) is 29.2 Å². The lowest BCUT2D eigenvalue weighted by molar-refractivity contribution is 0.311. The molecule has 8 nitrogen and oxygen atoms in total. The lowest BCUT2D eigenvalue weighted by Gasteiger charge is -2.43. The summed E-state index contributed by atoms with van der Waals surface area (Å²) in [5.74, 6) is 3.63. The van der Waals surface area contributed by atoms with Gasteiger partial charge in [-0.15, -0.1) is 0 Å². The molecule has 8 heteroatoms. The van der Waals surface area contributed by atoms with Crippen molar-refractivity contribution in [3.63, 3.8) is 0 Å². The van der Waals surface area contributed by atoms with E-state index in [-0.39, 0.29) is 5.66 Å². The molecule has 3 aliphatic rings. The van der Waals surface area contributed by atoms with Gasteiger partial charge in [-0.2, -0.15) is 0 Å². The maximum atomic E-state index is 5.48. The predicted molar refractivity (Wildman–Crippen MR) is 140 cm³/mol. The van der Waals surface area contributed by atoms with E-state index in [1.165, 1.54) is 37.0 Å². The number of nitrogens with one attached hydrogen (secondary N) is 4. The van der Waals surface area contributed by atoms with Crippen LogP contribution in [0, 0.1) is 5.92 Å². The summed E-state index contributed by atoms with van der Waals surface area (Å²) >= 11 is 0. The summed E-state index contributed by atoms with van der Waals surface area (Å²) in [4.78, 5) is 5.11. The smallest absolute Gasteiger partial charge is 0.203 e. The van der Waals surface area contributed by atoms with Gasteiger partial charge in [0.15, 0.2) is 17.5 Å². The molecule has 194 valence electrons. The van der Waals surface area contributed by atoms with Gasteiger partial charge in [0.25, 0.3) is 0 Å². The molecule has 1 unspecified atom stereocenters. The molecule has 1 aliphatic heterocycles. The molecule has 1 atom stereocenters. The molecule has 0 spiro atoms. The number of hydrogen-bond donors (Lipinski definition) is 4. The molecular weight excluding hydrogens is 442 g/mol. The van der Waals surface area contributed by atoms with Crippen LogP contribution >= 0.6 is 0 Å². The summed E-state index contributed by atoms with van der Waals surface area (Å²) in [6, 6.07) is 4.40. The zero-order chi connectivity index (χ0) is 24.8. The summed E-state index contributed by atoms with van der Waals surface area (Å²) in [6.07, 6.45) is 9.45. The highest BCUT2D eigenvalue weighted by Crippen LogP contribution is 2.38. The van der Waals surface area contributed by atoms with Gasteiger partial charge in [0, 0.05) is 12.2 Å². The Kier molecular flexibility index (Phi) is 8.44. The second kappa shape index (κ2) is 11.5. The second-order valence-electron chi connectivity index (χ2n) is 10.1. The molecule has 0 saturated heterocycles. The van der Waals surface area contributed by atoms with Crippen molar-refractivity contribution in [2.75, 3.05) is 34.9 Å². The quantitative estimate of drug-likeness (QED) is 0.424. The molecule has 1 saturated carbocycles. The standard InChI is InChI=1S/C27H43N5O3/c1-27(28-2)21-8-6-7-9-22(21)31-26(32-27)30-20-12-10-18(11-13-20)16-29-17-19-14-23(33-3)25(35-5)24(15-19)34-4/h14-15,18,20,28-29H,6-13,16-17H2,1-5H3,(H2,30,31,32). The lowest BCUT2D eigenvalue weighted by Crippen LogP contribution is -2.64. The summed E-state index contributed by atoms with van der Waals surface area (Å²) in [5, 5.41) is 14.4. The van der Waals surface area contributed by atoms with Gasteiger partial charge in [0.1, 0.15) is 5.66 Å². The number of methoxy groups -OCH3 is 3. The number of allylic oxidation sites excluding steroid dienone is 1. The van der Waals surface area contributed by atoms with Gasteiger partial charge in [-0.3, -0.25) is 5.32 Å².